The Morgan fingerprint density at radius 2 is 1.48 bits per heavy atom. The minimum atomic E-state index is -5.77. The van der Waals surface area contributed by atoms with Crippen molar-refractivity contribution in [1.29, 1.82) is 0 Å². The topological polar surface area (TPSA) is 37.3 Å². The average molecular weight is 342 g/mol. The molecule has 4 saturated carbocycles. The van der Waals surface area contributed by atoms with Gasteiger partial charge in [0.15, 0.2) is 0 Å². The van der Waals surface area contributed by atoms with Gasteiger partial charge >= 0.3 is 12.4 Å². The normalized spacial score (nSPS) is 45.9. The van der Waals surface area contributed by atoms with Crippen molar-refractivity contribution in [1.82, 2.24) is 0 Å². The number of alkyl halides is 6. The summed E-state index contributed by atoms with van der Waals surface area (Å²) in [6, 6.07) is 0. The smallest absolute Gasteiger partial charge is 0.373 e. The Balaban J connectivity index is 1.71. The van der Waals surface area contributed by atoms with Gasteiger partial charge in [-0.1, -0.05) is 0 Å². The fraction of sp³-hybridized carbons (Fsp3) is 0.933. The molecule has 4 rings (SSSR count). The highest BCUT2D eigenvalue weighted by Crippen LogP contribution is 2.71. The van der Waals surface area contributed by atoms with E-state index in [1.54, 1.807) is 0 Å². The fourth-order valence-electron chi connectivity index (χ4n) is 6.39. The number of hydrogen-bond acceptors (Lipinski definition) is 2. The van der Waals surface area contributed by atoms with Crippen molar-refractivity contribution in [2.75, 3.05) is 0 Å². The molecule has 2 nitrogen and oxygen atoms in total. The van der Waals surface area contributed by atoms with Gasteiger partial charge in [-0.25, -0.2) is 0 Å². The summed E-state index contributed by atoms with van der Waals surface area (Å²) in [4.78, 5) is 11.9. The van der Waals surface area contributed by atoms with Gasteiger partial charge in [-0.3, -0.25) is 4.79 Å². The number of aliphatic hydroxyl groups is 1. The minimum absolute atomic E-state index is 0.0230. The van der Waals surface area contributed by atoms with Crippen molar-refractivity contribution >= 4 is 5.78 Å². The highest BCUT2D eigenvalue weighted by atomic mass is 19.4. The van der Waals surface area contributed by atoms with Crippen molar-refractivity contribution in [2.24, 2.45) is 41.4 Å². The van der Waals surface area contributed by atoms with Gasteiger partial charge in [-0.05, 0) is 48.9 Å². The predicted octanol–water partition coefficient (Wildman–Crippen LogP) is 3.34. The molecule has 0 radical (unpaired) electrons. The van der Waals surface area contributed by atoms with E-state index in [0.717, 1.165) is 0 Å². The highest BCUT2D eigenvalue weighted by molar-refractivity contribution is 5.85. The quantitative estimate of drug-likeness (QED) is 0.586. The lowest BCUT2D eigenvalue weighted by atomic mass is 9.63. The number of rotatable bonds is 1. The van der Waals surface area contributed by atoms with E-state index in [2.05, 4.69) is 0 Å². The zero-order chi connectivity index (χ0) is 16.9. The third kappa shape index (κ3) is 1.73. The van der Waals surface area contributed by atoms with E-state index >= 15 is 0 Å². The number of carbonyl (C=O) groups is 1. The van der Waals surface area contributed by atoms with Crippen molar-refractivity contribution < 1.29 is 36.2 Å². The Morgan fingerprint density at radius 3 is 2.04 bits per heavy atom. The molecule has 8 heteroatoms. The molecular weight excluding hydrogens is 326 g/mol. The van der Waals surface area contributed by atoms with Gasteiger partial charge in [0.2, 0.25) is 0 Å². The average Bonchev–Trinajstić information content (AvgIpc) is 3.10. The molecule has 4 fully saturated rings. The first-order valence-corrected chi connectivity index (χ1v) is 7.85. The van der Waals surface area contributed by atoms with Crippen LogP contribution in [-0.4, -0.2) is 28.8 Å². The van der Waals surface area contributed by atoms with Crippen LogP contribution in [0.5, 0.6) is 0 Å². The van der Waals surface area contributed by atoms with Gasteiger partial charge in [0.1, 0.15) is 5.78 Å². The summed E-state index contributed by atoms with van der Waals surface area (Å²) in [5, 5.41) is 9.73. The van der Waals surface area contributed by atoms with Gasteiger partial charge in [0.05, 0.1) is 0 Å². The Bertz CT molecular complexity index is 539. The maximum absolute atomic E-state index is 13.1. The molecule has 4 aliphatic rings. The zero-order valence-electron chi connectivity index (χ0n) is 12.0. The van der Waals surface area contributed by atoms with Crippen LogP contribution in [0.1, 0.15) is 25.7 Å². The number of fused-ring (bicyclic) bond motifs is 9. The highest BCUT2D eigenvalue weighted by Gasteiger charge is 2.78. The zero-order valence-corrected chi connectivity index (χ0v) is 12.0. The maximum Gasteiger partial charge on any atom is 0.426 e. The van der Waals surface area contributed by atoms with Crippen molar-refractivity contribution in [3.63, 3.8) is 0 Å². The summed E-state index contributed by atoms with van der Waals surface area (Å²) >= 11 is 0. The minimum Gasteiger partial charge on any atom is -0.373 e. The van der Waals surface area contributed by atoms with Crippen LogP contribution in [0, 0.1) is 41.4 Å². The fourth-order valence-corrected chi connectivity index (χ4v) is 6.39. The molecule has 0 aromatic heterocycles. The molecule has 0 heterocycles. The first kappa shape index (κ1) is 15.7. The van der Waals surface area contributed by atoms with Crippen LogP contribution in [-0.2, 0) is 4.79 Å². The van der Waals surface area contributed by atoms with Gasteiger partial charge in [-0.2, -0.15) is 26.3 Å². The van der Waals surface area contributed by atoms with Gasteiger partial charge in [0, 0.05) is 18.3 Å². The van der Waals surface area contributed by atoms with Crippen molar-refractivity contribution in [3.05, 3.63) is 0 Å². The first-order valence-electron chi connectivity index (χ1n) is 7.85. The predicted molar refractivity (Wildman–Crippen MR) is 65.0 cm³/mol. The van der Waals surface area contributed by atoms with Crippen LogP contribution in [0.3, 0.4) is 0 Å². The van der Waals surface area contributed by atoms with E-state index in [9.17, 15) is 36.2 Å². The molecule has 4 aliphatic carbocycles. The van der Waals surface area contributed by atoms with E-state index < -0.39 is 41.6 Å². The maximum atomic E-state index is 13.1. The van der Waals surface area contributed by atoms with E-state index in [-0.39, 0.29) is 36.4 Å². The van der Waals surface area contributed by atoms with Crippen molar-refractivity contribution in [3.8, 4) is 0 Å². The largest absolute Gasteiger partial charge is 0.426 e. The van der Waals surface area contributed by atoms with Crippen molar-refractivity contribution in [2.45, 2.75) is 43.6 Å². The van der Waals surface area contributed by atoms with Crippen LogP contribution >= 0.6 is 0 Å². The molecule has 0 spiro atoms. The van der Waals surface area contributed by atoms with Gasteiger partial charge in [0.25, 0.3) is 5.60 Å². The van der Waals surface area contributed by atoms with Crippen LogP contribution in [0.2, 0.25) is 0 Å². The summed E-state index contributed by atoms with van der Waals surface area (Å²) < 4.78 is 78.9. The number of hydrogen-bond donors (Lipinski definition) is 1. The summed E-state index contributed by atoms with van der Waals surface area (Å²) in [7, 11) is 0. The van der Waals surface area contributed by atoms with Gasteiger partial charge in [-0.15, -0.1) is 0 Å². The van der Waals surface area contributed by atoms with Crippen LogP contribution < -0.4 is 0 Å². The molecule has 130 valence electrons. The molecular formula is C15H16F6O2. The molecule has 0 amide bonds. The monoisotopic (exact) mass is 342 g/mol. The van der Waals surface area contributed by atoms with E-state index in [4.69, 9.17) is 0 Å². The second kappa shape index (κ2) is 4.24. The first-order chi connectivity index (χ1) is 10.5. The Hall–Kier alpha value is -0.790. The third-order valence-corrected chi connectivity index (χ3v) is 6.98. The molecule has 0 aromatic carbocycles. The van der Waals surface area contributed by atoms with E-state index in [0.29, 0.717) is 12.8 Å². The van der Waals surface area contributed by atoms with Crippen LogP contribution in [0.25, 0.3) is 0 Å². The number of ketones is 1. The molecule has 7 atom stereocenters. The second-order valence-corrected chi connectivity index (χ2v) is 7.69. The third-order valence-electron chi connectivity index (χ3n) is 6.98. The Morgan fingerprint density at radius 1 is 0.870 bits per heavy atom. The molecule has 4 bridgehead atoms. The number of halogens is 6. The Labute approximate surface area is 128 Å². The lowest BCUT2D eigenvalue weighted by Crippen LogP contribution is -2.63. The molecule has 0 aliphatic heterocycles. The summed E-state index contributed by atoms with van der Waals surface area (Å²) in [6.45, 7) is 0. The lowest BCUT2D eigenvalue weighted by molar-refractivity contribution is -0.390. The molecule has 7 unspecified atom stereocenters. The van der Waals surface area contributed by atoms with Crippen LogP contribution in [0.4, 0.5) is 26.3 Å². The molecule has 0 aromatic rings. The summed E-state index contributed by atoms with van der Waals surface area (Å²) in [5.41, 5.74) is -4.67. The van der Waals surface area contributed by atoms with E-state index in [1.165, 1.54) is 0 Å². The lowest BCUT2D eigenvalue weighted by Gasteiger charge is -2.45. The number of Topliss-reactive ketones (excluding diaryl/α,β-unsaturated/α-hetero) is 1. The summed E-state index contributed by atoms with van der Waals surface area (Å²) in [5.74, 6) is -3.60. The molecule has 23 heavy (non-hydrogen) atoms. The Kier molecular flexibility index (Phi) is 2.90. The second-order valence-electron chi connectivity index (χ2n) is 7.69. The standard InChI is InChI=1S/C15H16F6O2/c16-14(17,18)13(23,15(19,20)21)9-3-5-1-7(9)12-8-2-6(11(5)12)4-10(8)22/h5-9,11-12,23H,1-4H2. The van der Waals surface area contributed by atoms with Gasteiger partial charge < -0.3 is 5.11 Å². The molecule has 1 N–H and O–H groups in total. The van der Waals surface area contributed by atoms with Crippen LogP contribution in [0.15, 0.2) is 0 Å². The van der Waals surface area contributed by atoms with E-state index in [1.807, 2.05) is 0 Å². The number of carbonyl (C=O) groups excluding carboxylic acids is 1. The summed E-state index contributed by atoms with van der Waals surface area (Å²) in [6.07, 6.45) is -10.5. The SMILES string of the molecule is O=C1CC2CC1C1C3CC(CC3C(O)(C(F)(F)F)C(F)(F)F)C21. The molecule has 0 saturated heterocycles.